The topological polar surface area (TPSA) is 28.7 Å². The van der Waals surface area contributed by atoms with Crippen molar-refractivity contribution in [2.45, 2.75) is 13.3 Å². The number of thiol groups is 1. The van der Waals surface area contributed by atoms with Crippen LogP contribution >= 0.6 is 24.2 Å². The molecule has 78 valence electrons. The van der Waals surface area contributed by atoms with Crippen LogP contribution in [0, 0.1) is 0 Å². The highest BCUT2D eigenvalue weighted by Gasteiger charge is 2.05. The molecule has 2 aromatic heterocycles. The first-order chi connectivity index (χ1) is 7.18. The molecule has 0 aliphatic heterocycles. The predicted molar refractivity (Wildman–Crippen MR) is 67.3 cm³/mol. The van der Waals surface area contributed by atoms with E-state index in [1.165, 1.54) is 5.56 Å². The number of fused-ring (bicyclic) bond motifs is 1. The number of hydrogen-bond donors (Lipinski definition) is 2. The highest BCUT2D eigenvalue weighted by Crippen LogP contribution is 2.23. The second-order valence-corrected chi connectivity index (χ2v) is 4.48. The summed E-state index contributed by atoms with van der Waals surface area (Å²) in [5.74, 6) is 0. The van der Waals surface area contributed by atoms with Crippen molar-refractivity contribution in [1.29, 1.82) is 0 Å². The van der Waals surface area contributed by atoms with Gasteiger partial charge in [-0.2, -0.15) is 0 Å². The Hall–Kier alpha value is -0.930. The highest BCUT2D eigenvalue weighted by molar-refractivity contribution is 7.84. The van der Waals surface area contributed by atoms with Gasteiger partial charge in [-0.15, -0.1) is 12.6 Å². The number of nitrogens with one attached hydrogen (secondary N) is 1. The van der Waals surface area contributed by atoms with E-state index >= 15 is 0 Å². The molecule has 1 N–H and O–H groups in total. The molecule has 4 heteroatoms. The van der Waals surface area contributed by atoms with Gasteiger partial charge in [0, 0.05) is 34.1 Å². The van der Waals surface area contributed by atoms with Gasteiger partial charge in [-0.05, 0) is 24.6 Å². The summed E-state index contributed by atoms with van der Waals surface area (Å²) in [4.78, 5) is 8.24. The van der Waals surface area contributed by atoms with Crippen LogP contribution in [0.25, 0.3) is 11.0 Å². The van der Waals surface area contributed by atoms with Gasteiger partial charge in [-0.3, -0.25) is 0 Å². The minimum atomic E-state index is 0.733. The molecule has 0 amide bonds. The lowest BCUT2D eigenvalue weighted by molar-refractivity contribution is 1.25. The van der Waals surface area contributed by atoms with Crippen molar-refractivity contribution in [2.24, 2.45) is 0 Å². The molecule has 0 saturated carbocycles. The molecule has 0 unspecified atom stereocenters. The maximum atomic E-state index is 5.87. The third-order valence-electron chi connectivity index (χ3n) is 2.29. The van der Waals surface area contributed by atoms with Gasteiger partial charge in [0.15, 0.2) is 0 Å². The number of aromatic nitrogens is 2. The number of H-pyrrole nitrogens is 1. The zero-order valence-corrected chi connectivity index (χ0v) is 9.94. The third-order valence-corrected chi connectivity index (χ3v) is 3.15. The van der Waals surface area contributed by atoms with Crippen molar-refractivity contribution in [2.75, 3.05) is 0 Å². The van der Waals surface area contributed by atoms with Gasteiger partial charge in [-0.25, -0.2) is 4.98 Å². The summed E-state index contributed by atoms with van der Waals surface area (Å²) in [6.45, 7) is 1.84. The first-order valence-corrected chi connectivity index (χ1v) is 5.46. The summed E-state index contributed by atoms with van der Waals surface area (Å²) in [7, 11) is 0. The van der Waals surface area contributed by atoms with Gasteiger partial charge in [-0.1, -0.05) is 11.6 Å². The fourth-order valence-corrected chi connectivity index (χ4v) is 1.70. The van der Waals surface area contributed by atoms with Gasteiger partial charge in [0.1, 0.15) is 5.65 Å². The van der Waals surface area contributed by atoms with E-state index in [0.717, 1.165) is 27.4 Å². The van der Waals surface area contributed by atoms with Crippen molar-refractivity contribution in [3.63, 3.8) is 0 Å². The summed E-state index contributed by atoms with van der Waals surface area (Å²) < 4.78 is 0. The van der Waals surface area contributed by atoms with Crippen LogP contribution < -0.4 is 0 Å². The number of nitrogens with zero attached hydrogens (tertiary/aromatic N) is 1. The number of pyridine rings is 1. The van der Waals surface area contributed by atoms with Gasteiger partial charge in [0.2, 0.25) is 0 Å². The number of hydrogen-bond acceptors (Lipinski definition) is 2. The molecule has 2 nitrogen and oxygen atoms in total. The highest BCUT2D eigenvalue weighted by atomic mass is 35.5. The molecule has 0 aliphatic carbocycles. The standard InChI is InChI=1S/C11H11ClN2S/c1-7(12)10(15)5-8-6-14-11-9(8)3-2-4-13-11/h2-4,6,15H,5H2,1H3,(H,13,14)/b10-7+. The summed E-state index contributed by atoms with van der Waals surface area (Å²) in [5.41, 5.74) is 2.07. The Bertz CT molecular complexity index is 512. The number of halogens is 1. The minimum absolute atomic E-state index is 0.733. The molecule has 0 bridgehead atoms. The summed E-state index contributed by atoms with van der Waals surface area (Å²) in [5, 5.41) is 1.86. The van der Waals surface area contributed by atoms with Gasteiger partial charge in [0.05, 0.1) is 0 Å². The van der Waals surface area contributed by atoms with Crippen LogP contribution in [-0.4, -0.2) is 9.97 Å². The van der Waals surface area contributed by atoms with Crippen LogP contribution in [0.5, 0.6) is 0 Å². The van der Waals surface area contributed by atoms with Crippen LogP contribution in [-0.2, 0) is 6.42 Å². The summed E-state index contributed by atoms with van der Waals surface area (Å²) in [6.07, 6.45) is 4.46. The fraction of sp³-hybridized carbons (Fsp3) is 0.182. The molecular weight excluding hydrogens is 228 g/mol. The van der Waals surface area contributed by atoms with Crippen LogP contribution in [0.3, 0.4) is 0 Å². The lowest BCUT2D eigenvalue weighted by atomic mass is 10.1. The summed E-state index contributed by atoms with van der Waals surface area (Å²) >= 11 is 10.2. The molecule has 2 heterocycles. The molecular formula is C11H11ClN2S. The average molecular weight is 239 g/mol. The van der Waals surface area contributed by atoms with E-state index in [4.69, 9.17) is 11.6 Å². The largest absolute Gasteiger partial charge is 0.346 e. The first kappa shape index (κ1) is 10.6. The van der Waals surface area contributed by atoms with Crippen LogP contribution in [0.1, 0.15) is 12.5 Å². The molecule has 0 aliphatic rings. The zero-order valence-electron chi connectivity index (χ0n) is 8.29. The smallest absolute Gasteiger partial charge is 0.137 e. The normalized spacial score (nSPS) is 13.0. The second kappa shape index (κ2) is 4.29. The molecule has 0 atom stereocenters. The van der Waals surface area contributed by atoms with Gasteiger partial charge < -0.3 is 4.98 Å². The Balaban J connectivity index is 2.41. The zero-order chi connectivity index (χ0) is 10.8. The molecule has 0 radical (unpaired) electrons. The Morgan fingerprint density at radius 2 is 2.40 bits per heavy atom. The van der Waals surface area contributed by atoms with Crippen molar-refractivity contribution >= 4 is 35.3 Å². The average Bonchev–Trinajstić information content (AvgIpc) is 2.62. The Morgan fingerprint density at radius 3 is 3.13 bits per heavy atom. The first-order valence-electron chi connectivity index (χ1n) is 4.63. The monoisotopic (exact) mass is 238 g/mol. The van der Waals surface area contributed by atoms with E-state index in [1.54, 1.807) is 6.20 Å². The van der Waals surface area contributed by atoms with Crippen molar-refractivity contribution in [1.82, 2.24) is 9.97 Å². The quantitative estimate of drug-likeness (QED) is 0.771. The second-order valence-electron chi connectivity index (χ2n) is 3.37. The lowest BCUT2D eigenvalue weighted by Crippen LogP contribution is -1.84. The van der Waals surface area contributed by atoms with E-state index in [1.807, 2.05) is 25.3 Å². The van der Waals surface area contributed by atoms with Crippen molar-refractivity contribution in [3.8, 4) is 0 Å². The SMILES string of the molecule is C/C(Cl)=C(\S)Cc1c[nH]c2ncccc12. The maximum Gasteiger partial charge on any atom is 0.137 e. The lowest BCUT2D eigenvalue weighted by Gasteiger charge is -2.00. The Labute approximate surface area is 98.8 Å². The van der Waals surface area contributed by atoms with Gasteiger partial charge >= 0.3 is 0 Å². The van der Waals surface area contributed by atoms with E-state index in [2.05, 4.69) is 22.6 Å². The third kappa shape index (κ3) is 2.19. The molecule has 0 aromatic carbocycles. The molecule has 0 fully saturated rings. The summed E-state index contributed by atoms with van der Waals surface area (Å²) in [6, 6.07) is 3.97. The molecule has 0 saturated heterocycles. The number of allylic oxidation sites excluding steroid dienone is 2. The van der Waals surface area contributed by atoms with E-state index in [0.29, 0.717) is 0 Å². The van der Waals surface area contributed by atoms with Crippen LogP contribution in [0.2, 0.25) is 0 Å². The minimum Gasteiger partial charge on any atom is -0.346 e. The van der Waals surface area contributed by atoms with Crippen LogP contribution in [0.4, 0.5) is 0 Å². The van der Waals surface area contributed by atoms with E-state index in [-0.39, 0.29) is 0 Å². The Kier molecular flexibility index (Phi) is 3.03. The molecule has 15 heavy (non-hydrogen) atoms. The number of rotatable bonds is 2. The number of aromatic amines is 1. The maximum absolute atomic E-state index is 5.87. The van der Waals surface area contributed by atoms with Crippen molar-refractivity contribution < 1.29 is 0 Å². The molecule has 0 spiro atoms. The van der Waals surface area contributed by atoms with E-state index < -0.39 is 0 Å². The van der Waals surface area contributed by atoms with Crippen molar-refractivity contribution in [3.05, 3.63) is 40.0 Å². The van der Waals surface area contributed by atoms with E-state index in [9.17, 15) is 0 Å². The predicted octanol–water partition coefficient (Wildman–Crippen LogP) is 3.51. The molecule has 2 rings (SSSR count). The van der Waals surface area contributed by atoms with Gasteiger partial charge in [0.25, 0.3) is 0 Å². The molecule has 2 aromatic rings. The Morgan fingerprint density at radius 1 is 1.60 bits per heavy atom. The van der Waals surface area contributed by atoms with Crippen LogP contribution in [0.15, 0.2) is 34.5 Å². The fourth-order valence-electron chi connectivity index (χ4n) is 1.46.